The summed E-state index contributed by atoms with van der Waals surface area (Å²) in [6, 6.07) is 1.82. The van der Waals surface area contributed by atoms with E-state index in [1.807, 2.05) is 13.0 Å². The Morgan fingerprint density at radius 3 is 3.08 bits per heavy atom. The molecule has 2 heterocycles. The van der Waals surface area contributed by atoms with Crippen molar-refractivity contribution in [2.45, 2.75) is 13.3 Å². The summed E-state index contributed by atoms with van der Waals surface area (Å²) in [6.07, 6.45) is 2.46. The number of aromatic amines is 1. The fraction of sp³-hybridized carbons (Fsp3) is 0.250. The molecule has 68 valence electrons. The number of anilines is 1. The summed E-state index contributed by atoms with van der Waals surface area (Å²) in [5, 5.41) is 10.3. The van der Waals surface area contributed by atoms with E-state index in [2.05, 4.69) is 15.4 Å². The minimum absolute atomic E-state index is 0.451. The molecule has 0 saturated heterocycles. The zero-order valence-corrected chi connectivity index (χ0v) is 7.24. The Morgan fingerprint density at radius 1 is 1.62 bits per heavy atom. The molecule has 0 aliphatic heterocycles. The Kier molecular flexibility index (Phi) is 1.77. The minimum atomic E-state index is 0.451. The van der Waals surface area contributed by atoms with Crippen LogP contribution in [0, 0.1) is 0 Å². The van der Waals surface area contributed by atoms with Crippen LogP contribution >= 0.6 is 0 Å². The number of hydrogen-bond acceptors (Lipinski definition) is 4. The van der Waals surface area contributed by atoms with Gasteiger partial charge in [0.2, 0.25) is 0 Å². The number of nitrogens with two attached hydrogens (primary N) is 1. The highest BCUT2D eigenvalue weighted by Gasteiger charge is 2.14. The minimum Gasteiger partial charge on any atom is -0.381 e. The average molecular weight is 178 g/mol. The van der Waals surface area contributed by atoms with E-state index in [0.29, 0.717) is 11.6 Å². The second-order valence-electron chi connectivity index (χ2n) is 2.70. The Hall–Kier alpha value is -1.78. The third-order valence-corrected chi connectivity index (χ3v) is 1.92. The van der Waals surface area contributed by atoms with Gasteiger partial charge >= 0.3 is 0 Å². The van der Waals surface area contributed by atoms with E-state index in [1.54, 1.807) is 6.20 Å². The number of nitrogen functional groups attached to an aromatic ring is 1. The first-order valence-electron chi connectivity index (χ1n) is 4.06. The number of hydrogen-bond donors (Lipinski definition) is 2. The van der Waals surface area contributed by atoms with Gasteiger partial charge in [-0.1, -0.05) is 12.1 Å². The van der Waals surface area contributed by atoms with Crippen molar-refractivity contribution in [1.29, 1.82) is 0 Å². The van der Waals surface area contributed by atoms with Gasteiger partial charge in [-0.3, -0.25) is 5.10 Å². The molecule has 0 bridgehead atoms. The number of aromatic nitrogens is 3. The van der Waals surface area contributed by atoms with E-state index in [1.165, 1.54) is 0 Å². The summed E-state index contributed by atoms with van der Waals surface area (Å²) in [6.45, 7) is 2.00. The van der Waals surface area contributed by atoms with E-state index in [4.69, 9.17) is 10.3 Å². The standard InChI is InChI=1S/C8H10N4O/c1-2-5-7(13-12-8(5)9)6-3-4-10-11-6/h3-4H,2H2,1H3,(H2,9,12)(H,10,11). The fourth-order valence-electron chi connectivity index (χ4n) is 1.26. The first-order valence-corrected chi connectivity index (χ1v) is 4.06. The van der Waals surface area contributed by atoms with Gasteiger partial charge in [0.1, 0.15) is 5.69 Å². The number of rotatable bonds is 2. The molecule has 5 heteroatoms. The summed E-state index contributed by atoms with van der Waals surface area (Å²) in [5.41, 5.74) is 7.35. The average Bonchev–Trinajstić information content (AvgIpc) is 2.71. The molecule has 0 spiro atoms. The van der Waals surface area contributed by atoms with Crippen LogP contribution in [0.4, 0.5) is 5.82 Å². The lowest BCUT2D eigenvalue weighted by atomic mass is 10.1. The van der Waals surface area contributed by atoms with Crippen molar-refractivity contribution in [2.75, 3.05) is 5.73 Å². The van der Waals surface area contributed by atoms with Crippen LogP contribution in [-0.4, -0.2) is 15.4 Å². The van der Waals surface area contributed by atoms with Crippen LogP contribution in [0.1, 0.15) is 12.5 Å². The molecule has 5 nitrogen and oxygen atoms in total. The normalized spacial score (nSPS) is 10.5. The van der Waals surface area contributed by atoms with Crippen LogP contribution in [0.3, 0.4) is 0 Å². The molecule has 0 amide bonds. The highest BCUT2D eigenvalue weighted by molar-refractivity contribution is 5.62. The Labute approximate surface area is 74.9 Å². The van der Waals surface area contributed by atoms with Crippen molar-refractivity contribution in [3.63, 3.8) is 0 Å². The SMILES string of the molecule is CCc1c(N)noc1-c1ccn[nH]1. The number of nitrogens with one attached hydrogen (secondary N) is 1. The highest BCUT2D eigenvalue weighted by Crippen LogP contribution is 2.25. The summed E-state index contributed by atoms with van der Waals surface area (Å²) in [5.74, 6) is 1.13. The number of nitrogens with zero attached hydrogens (tertiary/aromatic N) is 2. The van der Waals surface area contributed by atoms with Gasteiger partial charge in [-0.2, -0.15) is 5.10 Å². The smallest absolute Gasteiger partial charge is 0.189 e. The Morgan fingerprint density at radius 2 is 2.46 bits per heavy atom. The van der Waals surface area contributed by atoms with Gasteiger partial charge in [0.05, 0.1) is 0 Å². The first-order chi connectivity index (χ1) is 6.33. The highest BCUT2D eigenvalue weighted by atomic mass is 16.5. The zero-order chi connectivity index (χ0) is 9.26. The molecule has 0 saturated carbocycles. The van der Waals surface area contributed by atoms with Crippen LogP contribution in [0.2, 0.25) is 0 Å². The van der Waals surface area contributed by atoms with Gasteiger partial charge < -0.3 is 10.3 Å². The third-order valence-electron chi connectivity index (χ3n) is 1.92. The van der Waals surface area contributed by atoms with E-state index in [0.717, 1.165) is 17.7 Å². The van der Waals surface area contributed by atoms with Crippen LogP contribution in [0.15, 0.2) is 16.8 Å². The number of H-pyrrole nitrogens is 1. The lowest BCUT2D eigenvalue weighted by Crippen LogP contribution is -1.90. The van der Waals surface area contributed by atoms with Crippen molar-refractivity contribution < 1.29 is 4.52 Å². The molecule has 0 aromatic carbocycles. The molecule has 2 aromatic heterocycles. The quantitative estimate of drug-likeness (QED) is 0.724. The van der Waals surface area contributed by atoms with Gasteiger partial charge in [0.25, 0.3) is 0 Å². The van der Waals surface area contributed by atoms with Crippen LogP contribution in [-0.2, 0) is 6.42 Å². The Balaban J connectivity index is 2.52. The second kappa shape index (κ2) is 2.93. The summed E-state index contributed by atoms with van der Waals surface area (Å²) in [7, 11) is 0. The monoisotopic (exact) mass is 178 g/mol. The molecule has 2 rings (SSSR count). The fourth-order valence-corrected chi connectivity index (χ4v) is 1.26. The largest absolute Gasteiger partial charge is 0.381 e. The van der Waals surface area contributed by atoms with Crippen molar-refractivity contribution >= 4 is 5.82 Å². The van der Waals surface area contributed by atoms with Gasteiger partial charge in [-0.05, 0) is 12.5 Å². The second-order valence-corrected chi connectivity index (χ2v) is 2.70. The van der Waals surface area contributed by atoms with Crippen LogP contribution in [0.25, 0.3) is 11.5 Å². The first kappa shape index (κ1) is 7.85. The third kappa shape index (κ3) is 1.18. The maximum absolute atomic E-state index is 5.62. The van der Waals surface area contributed by atoms with Crippen molar-refractivity contribution in [3.05, 3.63) is 17.8 Å². The zero-order valence-electron chi connectivity index (χ0n) is 7.24. The topological polar surface area (TPSA) is 80.7 Å². The summed E-state index contributed by atoms with van der Waals surface area (Å²) in [4.78, 5) is 0. The van der Waals surface area contributed by atoms with E-state index in [-0.39, 0.29) is 0 Å². The van der Waals surface area contributed by atoms with Crippen LogP contribution < -0.4 is 5.73 Å². The van der Waals surface area contributed by atoms with E-state index >= 15 is 0 Å². The summed E-state index contributed by atoms with van der Waals surface area (Å²) < 4.78 is 5.08. The van der Waals surface area contributed by atoms with Crippen molar-refractivity contribution in [1.82, 2.24) is 15.4 Å². The van der Waals surface area contributed by atoms with E-state index < -0.39 is 0 Å². The van der Waals surface area contributed by atoms with Gasteiger partial charge in [-0.25, -0.2) is 0 Å². The maximum atomic E-state index is 5.62. The Bertz CT molecular complexity index is 390. The molecule has 13 heavy (non-hydrogen) atoms. The van der Waals surface area contributed by atoms with Gasteiger partial charge in [0, 0.05) is 11.8 Å². The van der Waals surface area contributed by atoms with Crippen LogP contribution in [0.5, 0.6) is 0 Å². The molecule has 0 unspecified atom stereocenters. The molecular formula is C8H10N4O. The molecule has 3 N–H and O–H groups in total. The lowest BCUT2D eigenvalue weighted by Gasteiger charge is -1.93. The predicted molar refractivity (Wildman–Crippen MR) is 47.9 cm³/mol. The molecule has 0 radical (unpaired) electrons. The van der Waals surface area contributed by atoms with Gasteiger partial charge in [0.15, 0.2) is 11.6 Å². The van der Waals surface area contributed by atoms with Gasteiger partial charge in [-0.15, -0.1) is 0 Å². The molecule has 2 aromatic rings. The van der Waals surface area contributed by atoms with Crippen molar-refractivity contribution in [2.24, 2.45) is 0 Å². The predicted octanol–water partition coefficient (Wildman–Crippen LogP) is 1.21. The van der Waals surface area contributed by atoms with E-state index in [9.17, 15) is 0 Å². The lowest BCUT2D eigenvalue weighted by molar-refractivity contribution is 0.433. The molecule has 0 aliphatic carbocycles. The molecular weight excluding hydrogens is 168 g/mol. The summed E-state index contributed by atoms with van der Waals surface area (Å²) >= 11 is 0. The van der Waals surface area contributed by atoms with Crippen molar-refractivity contribution in [3.8, 4) is 11.5 Å². The molecule has 0 atom stereocenters. The molecule has 0 aliphatic rings. The maximum Gasteiger partial charge on any atom is 0.189 e. The molecule has 0 fully saturated rings.